The van der Waals surface area contributed by atoms with Gasteiger partial charge in [0.2, 0.25) is 0 Å². The van der Waals surface area contributed by atoms with Gasteiger partial charge in [-0.05, 0) is 42.5 Å². The van der Waals surface area contributed by atoms with Crippen molar-refractivity contribution >= 4 is 23.2 Å². The van der Waals surface area contributed by atoms with Crippen LogP contribution in [0.4, 0.5) is 0 Å². The van der Waals surface area contributed by atoms with E-state index in [2.05, 4.69) is 23.6 Å². The predicted octanol–water partition coefficient (Wildman–Crippen LogP) is 3.31. The van der Waals surface area contributed by atoms with Crippen LogP contribution in [-0.2, 0) is 9.53 Å². The van der Waals surface area contributed by atoms with Crippen LogP contribution in [0.1, 0.15) is 18.2 Å². The molecule has 0 N–H and O–H groups in total. The van der Waals surface area contributed by atoms with Crippen LogP contribution in [0.15, 0.2) is 35.2 Å². The van der Waals surface area contributed by atoms with Crippen LogP contribution in [0.3, 0.4) is 0 Å². The van der Waals surface area contributed by atoms with E-state index in [1.807, 2.05) is 6.08 Å². The van der Waals surface area contributed by atoms with Crippen molar-refractivity contribution in [2.75, 3.05) is 13.2 Å². The zero-order valence-corrected chi connectivity index (χ0v) is 10.7. The van der Waals surface area contributed by atoms with E-state index < -0.39 is 0 Å². The number of rotatable bonds is 4. The Kier molecular flexibility index (Phi) is 4.29. The van der Waals surface area contributed by atoms with Crippen LogP contribution in [0.25, 0.3) is 6.08 Å². The number of thiophene rings is 1. The zero-order valence-electron chi connectivity index (χ0n) is 9.89. The minimum absolute atomic E-state index is 0.104. The summed E-state index contributed by atoms with van der Waals surface area (Å²) in [5.74, 6) is 0.528. The van der Waals surface area contributed by atoms with Crippen molar-refractivity contribution in [2.45, 2.75) is 13.3 Å². The molecule has 0 aliphatic carbocycles. The van der Waals surface area contributed by atoms with E-state index in [1.165, 1.54) is 10.5 Å². The van der Waals surface area contributed by atoms with E-state index in [4.69, 9.17) is 4.74 Å². The molecule has 1 aliphatic heterocycles. The summed E-state index contributed by atoms with van der Waals surface area (Å²) in [5, 5.41) is 2.08. The fourth-order valence-corrected chi connectivity index (χ4v) is 2.57. The Hall–Kier alpha value is -1.19. The molecule has 1 aromatic heterocycles. The molecule has 2 rings (SSSR count). The summed E-state index contributed by atoms with van der Waals surface area (Å²) in [7, 11) is 0. The standard InChI is InChI=1S/C14H16O2S/c1-11(15)4-2-5-12-9-16-10-13(12)8-14-6-3-7-17-14/h2-4,6-8,12H,5,9-10H2,1H3/b4-2+,13-8+/t12-/m0/s1. The summed E-state index contributed by atoms with van der Waals surface area (Å²) < 4.78 is 5.49. The van der Waals surface area contributed by atoms with Crippen molar-refractivity contribution in [2.24, 2.45) is 5.92 Å². The molecule has 0 saturated carbocycles. The van der Waals surface area contributed by atoms with Gasteiger partial charge in [-0.3, -0.25) is 4.79 Å². The maximum atomic E-state index is 10.8. The van der Waals surface area contributed by atoms with E-state index in [1.54, 1.807) is 24.3 Å². The molecule has 0 bridgehead atoms. The zero-order chi connectivity index (χ0) is 12.1. The van der Waals surface area contributed by atoms with Crippen molar-refractivity contribution in [1.82, 2.24) is 0 Å². The van der Waals surface area contributed by atoms with Crippen LogP contribution in [0.2, 0.25) is 0 Å². The van der Waals surface area contributed by atoms with Crippen molar-refractivity contribution in [3.8, 4) is 0 Å². The monoisotopic (exact) mass is 248 g/mol. The Morgan fingerprint density at radius 1 is 1.65 bits per heavy atom. The first-order valence-corrected chi connectivity index (χ1v) is 6.62. The largest absolute Gasteiger partial charge is 0.376 e. The van der Waals surface area contributed by atoms with Crippen molar-refractivity contribution in [3.05, 3.63) is 40.1 Å². The van der Waals surface area contributed by atoms with Crippen LogP contribution in [-0.4, -0.2) is 19.0 Å². The van der Waals surface area contributed by atoms with E-state index in [-0.39, 0.29) is 5.78 Å². The van der Waals surface area contributed by atoms with Crippen molar-refractivity contribution in [1.29, 1.82) is 0 Å². The molecule has 0 spiro atoms. The van der Waals surface area contributed by atoms with Crippen LogP contribution >= 0.6 is 11.3 Å². The quantitative estimate of drug-likeness (QED) is 0.764. The highest BCUT2D eigenvalue weighted by atomic mass is 32.1. The summed E-state index contributed by atoms with van der Waals surface area (Å²) >= 11 is 1.74. The lowest BCUT2D eigenvalue weighted by molar-refractivity contribution is -0.112. The van der Waals surface area contributed by atoms with Gasteiger partial charge in [0.1, 0.15) is 0 Å². The van der Waals surface area contributed by atoms with Crippen LogP contribution < -0.4 is 0 Å². The van der Waals surface area contributed by atoms with E-state index in [0.29, 0.717) is 5.92 Å². The minimum Gasteiger partial charge on any atom is -0.376 e. The van der Waals surface area contributed by atoms with Gasteiger partial charge in [-0.1, -0.05) is 12.1 Å². The molecular weight excluding hydrogens is 232 g/mol. The molecule has 0 amide bonds. The SMILES string of the molecule is CC(=O)/C=C/C[C@H]1COC/C1=C\c1cccs1. The fraction of sp³-hybridized carbons (Fsp3) is 0.357. The lowest BCUT2D eigenvalue weighted by Crippen LogP contribution is -2.00. The second kappa shape index (κ2) is 5.94. The molecule has 2 nitrogen and oxygen atoms in total. The van der Waals surface area contributed by atoms with Crippen LogP contribution in [0.5, 0.6) is 0 Å². The van der Waals surface area contributed by atoms with Gasteiger partial charge in [-0.2, -0.15) is 0 Å². The van der Waals surface area contributed by atoms with Gasteiger partial charge in [0.15, 0.2) is 5.78 Å². The molecule has 0 radical (unpaired) electrons. The van der Waals surface area contributed by atoms with Gasteiger partial charge in [0.05, 0.1) is 13.2 Å². The molecular formula is C14H16O2S. The normalized spacial score (nSPS) is 22.6. The second-order valence-electron chi connectivity index (χ2n) is 4.20. The Morgan fingerprint density at radius 2 is 2.53 bits per heavy atom. The average molecular weight is 248 g/mol. The topological polar surface area (TPSA) is 26.3 Å². The van der Waals surface area contributed by atoms with Gasteiger partial charge >= 0.3 is 0 Å². The van der Waals surface area contributed by atoms with Gasteiger partial charge in [0, 0.05) is 10.8 Å². The first kappa shape index (κ1) is 12.3. The van der Waals surface area contributed by atoms with Gasteiger partial charge < -0.3 is 4.74 Å². The molecule has 1 saturated heterocycles. The third-order valence-electron chi connectivity index (χ3n) is 2.76. The summed E-state index contributed by atoms with van der Waals surface area (Å²) in [6, 6.07) is 4.16. The molecule has 17 heavy (non-hydrogen) atoms. The highest BCUT2D eigenvalue weighted by Crippen LogP contribution is 2.26. The Balaban J connectivity index is 2.00. The maximum absolute atomic E-state index is 10.8. The summed E-state index contributed by atoms with van der Waals surface area (Å²) in [4.78, 5) is 12.1. The number of carbonyl (C=O) groups excluding carboxylic acids is 1. The fourth-order valence-electron chi connectivity index (χ4n) is 1.88. The summed E-state index contributed by atoms with van der Waals surface area (Å²) in [5.41, 5.74) is 1.33. The minimum atomic E-state index is 0.104. The third-order valence-corrected chi connectivity index (χ3v) is 3.58. The average Bonchev–Trinajstić information content (AvgIpc) is 2.91. The smallest absolute Gasteiger partial charge is 0.152 e. The van der Waals surface area contributed by atoms with E-state index in [0.717, 1.165) is 19.6 Å². The van der Waals surface area contributed by atoms with Gasteiger partial charge in [-0.15, -0.1) is 11.3 Å². The number of allylic oxidation sites excluding steroid dienone is 2. The number of ether oxygens (including phenoxy) is 1. The lowest BCUT2D eigenvalue weighted by atomic mass is 9.98. The molecule has 90 valence electrons. The number of carbonyl (C=O) groups is 1. The Bertz CT molecular complexity index is 429. The molecule has 3 heteroatoms. The first-order chi connectivity index (χ1) is 8.25. The highest BCUT2D eigenvalue weighted by Gasteiger charge is 2.20. The maximum Gasteiger partial charge on any atom is 0.152 e. The molecule has 1 aliphatic rings. The summed E-state index contributed by atoms with van der Waals surface area (Å²) in [6.07, 6.45) is 6.69. The second-order valence-corrected chi connectivity index (χ2v) is 5.17. The Morgan fingerprint density at radius 3 is 3.24 bits per heavy atom. The molecule has 0 unspecified atom stereocenters. The van der Waals surface area contributed by atoms with Crippen molar-refractivity contribution in [3.63, 3.8) is 0 Å². The van der Waals surface area contributed by atoms with Gasteiger partial charge in [0.25, 0.3) is 0 Å². The molecule has 1 aromatic rings. The van der Waals surface area contributed by atoms with E-state index in [9.17, 15) is 4.79 Å². The van der Waals surface area contributed by atoms with E-state index >= 15 is 0 Å². The molecule has 0 aromatic carbocycles. The highest BCUT2D eigenvalue weighted by molar-refractivity contribution is 7.10. The summed E-state index contributed by atoms with van der Waals surface area (Å²) in [6.45, 7) is 3.06. The Labute approximate surface area is 106 Å². The third kappa shape index (κ3) is 3.65. The molecule has 1 fully saturated rings. The first-order valence-electron chi connectivity index (χ1n) is 5.74. The molecule has 1 atom stereocenters. The predicted molar refractivity (Wildman–Crippen MR) is 71.0 cm³/mol. The lowest BCUT2D eigenvalue weighted by Gasteiger charge is -2.05. The number of ketones is 1. The van der Waals surface area contributed by atoms with Crippen molar-refractivity contribution < 1.29 is 9.53 Å². The number of hydrogen-bond acceptors (Lipinski definition) is 3. The molecule has 2 heterocycles. The number of hydrogen-bond donors (Lipinski definition) is 0. The van der Waals surface area contributed by atoms with Crippen LogP contribution in [0, 0.1) is 5.92 Å². The van der Waals surface area contributed by atoms with Gasteiger partial charge in [-0.25, -0.2) is 0 Å².